The minimum Gasteiger partial charge on any atom is -0.409 e. The van der Waals surface area contributed by atoms with E-state index >= 15 is 0 Å². The summed E-state index contributed by atoms with van der Waals surface area (Å²) in [5.74, 6) is 0.478. The van der Waals surface area contributed by atoms with Gasteiger partial charge in [0.05, 0.1) is 0 Å². The number of nitrogens with zero attached hydrogens (tertiary/aromatic N) is 3. The van der Waals surface area contributed by atoms with Crippen molar-refractivity contribution in [2.45, 2.75) is 6.54 Å². The molecule has 88 valence electrons. The van der Waals surface area contributed by atoms with Crippen molar-refractivity contribution in [3.63, 3.8) is 0 Å². The van der Waals surface area contributed by atoms with E-state index in [0.717, 1.165) is 5.56 Å². The highest BCUT2D eigenvalue weighted by Crippen LogP contribution is 2.09. The molecule has 17 heavy (non-hydrogen) atoms. The Balaban J connectivity index is 2.25. The fourth-order valence-corrected chi connectivity index (χ4v) is 1.86. The minimum atomic E-state index is 0.0144. The van der Waals surface area contributed by atoms with Gasteiger partial charge in [0.15, 0.2) is 5.82 Å². The number of hydrogen-bond acceptors (Lipinski definition) is 3. The van der Waals surface area contributed by atoms with E-state index < -0.39 is 0 Å². The van der Waals surface area contributed by atoms with Gasteiger partial charge in [-0.25, -0.2) is 4.98 Å². The summed E-state index contributed by atoms with van der Waals surface area (Å²) >= 11 is 2.26. The van der Waals surface area contributed by atoms with Crippen molar-refractivity contribution in [3.8, 4) is 0 Å². The van der Waals surface area contributed by atoms with Crippen LogP contribution in [0.1, 0.15) is 11.4 Å². The van der Waals surface area contributed by atoms with E-state index in [2.05, 4.69) is 32.7 Å². The zero-order chi connectivity index (χ0) is 12.3. The van der Waals surface area contributed by atoms with E-state index in [4.69, 9.17) is 10.9 Å². The van der Waals surface area contributed by atoms with Crippen molar-refractivity contribution in [3.05, 3.63) is 51.6 Å². The quantitative estimate of drug-likeness (QED) is 0.293. The summed E-state index contributed by atoms with van der Waals surface area (Å²) in [5.41, 5.74) is 6.67. The Hall–Kier alpha value is -1.57. The fourth-order valence-electron chi connectivity index (χ4n) is 1.50. The highest BCUT2D eigenvalue weighted by atomic mass is 127. The molecule has 0 fully saturated rings. The van der Waals surface area contributed by atoms with Gasteiger partial charge in [-0.1, -0.05) is 17.3 Å². The lowest BCUT2D eigenvalue weighted by Crippen LogP contribution is -2.19. The van der Waals surface area contributed by atoms with Gasteiger partial charge in [0.1, 0.15) is 0 Å². The number of benzene rings is 1. The van der Waals surface area contributed by atoms with Crippen LogP contribution in [0.3, 0.4) is 0 Å². The van der Waals surface area contributed by atoms with Crippen molar-refractivity contribution in [2.75, 3.05) is 0 Å². The summed E-state index contributed by atoms with van der Waals surface area (Å²) in [4.78, 5) is 4.05. The van der Waals surface area contributed by atoms with Crippen LogP contribution in [0.2, 0.25) is 0 Å². The Bertz CT molecular complexity index is 533. The minimum absolute atomic E-state index is 0.0144. The number of hydrogen-bond donors (Lipinski definition) is 2. The molecule has 5 nitrogen and oxygen atoms in total. The molecule has 0 saturated heterocycles. The van der Waals surface area contributed by atoms with E-state index in [1.54, 1.807) is 12.4 Å². The van der Waals surface area contributed by atoms with Gasteiger partial charge in [0.2, 0.25) is 5.84 Å². The third kappa shape index (κ3) is 2.76. The van der Waals surface area contributed by atoms with Crippen LogP contribution in [-0.2, 0) is 6.54 Å². The van der Waals surface area contributed by atoms with Crippen LogP contribution in [0.5, 0.6) is 0 Å². The van der Waals surface area contributed by atoms with Gasteiger partial charge < -0.3 is 15.5 Å². The van der Waals surface area contributed by atoms with Gasteiger partial charge in [-0.05, 0) is 40.3 Å². The lowest BCUT2D eigenvalue weighted by molar-refractivity contribution is 0.318. The number of nitrogens with two attached hydrogens (primary N) is 1. The van der Waals surface area contributed by atoms with Gasteiger partial charge in [0, 0.05) is 22.5 Å². The molecule has 0 aliphatic carbocycles. The molecular weight excluding hydrogens is 331 g/mol. The molecule has 1 heterocycles. The summed E-state index contributed by atoms with van der Waals surface area (Å²) < 4.78 is 3.02. The third-order valence-electron chi connectivity index (χ3n) is 2.32. The molecule has 2 aromatic rings. The Labute approximate surface area is 112 Å². The van der Waals surface area contributed by atoms with E-state index in [-0.39, 0.29) is 5.84 Å². The maximum Gasteiger partial charge on any atom is 0.206 e. The first-order valence-electron chi connectivity index (χ1n) is 4.94. The monoisotopic (exact) mass is 342 g/mol. The molecular formula is C11H11IN4O. The normalized spacial score (nSPS) is 11.7. The Morgan fingerprint density at radius 3 is 2.76 bits per heavy atom. The van der Waals surface area contributed by atoms with Crippen molar-refractivity contribution < 1.29 is 5.21 Å². The van der Waals surface area contributed by atoms with Crippen LogP contribution in [-0.4, -0.2) is 20.6 Å². The summed E-state index contributed by atoms with van der Waals surface area (Å²) in [5, 5.41) is 11.6. The topological polar surface area (TPSA) is 76.4 Å². The largest absolute Gasteiger partial charge is 0.409 e. The average molecular weight is 342 g/mol. The molecule has 0 spiro atoms. The van der Waals surface area contributed by atoms with Crippen LogP contribution >= 0.6 is 22.6 Å². The lowest BCUT2D eigenvalue weighted by atomic mass is 10.2. The third-order valence-corrected chi connectivity index (χ3v) is 3.04. The van der Waals surface area contributed by atoms with Gasteiger partial charge >= 0.3 is 0 Å². The number of imidazole rings is 1. The number of aromatic nitrogens is 2. The van der Waals surface area contributed by atoms with Gasteiger partial charge in [-0.2, -0.15) is 0 Å². The molecule has 6 heteroatoms. The summed E-state index contributed by atoms with van der Waals surface area (Å²) in [6.07, 6.45) is 3.42. The smallest absolute Gasteiger partial charge is 0.206 e. The van der Waals surface area contributed by atoms with E-state index in [0.29, 0.717) is 12.4 Å². The summed E-state index contributed by atoms with van der Waals surface area (Å²) in [6, 6.07) is 8.15. The molecule has 0 atom stereocenters. The zero-order valence-corrected chi connectivity index (χ0v) is 11.1. The molecule has 0 aliphatic heterocycles. The first kappa shape index (κ1) is 11.9. The van der Waals surface area contributed by atoms with Gasteiger partial charge in [0.25, 0.3) is 0 Å². The van der Waals surface area contributed by atoms with E-state index in [1.807, 2.05) is 28.8 Å². The highest BCUT2D eigenvalue weighted by molar-refractivity contribution is 14.1. The number of oxime groups is 1. The lowest BCUT2D eigenvalue weighted by Gasteiger charge is -2.06. The predicted molar refractivity (Wildman–Crippen MR) is 73.0 cm³/mol. The standard InChI is InChI=1S/C11H11IN4O/c12-9-3-1-8(2-4-9)7-16-6-5-14-11(16)10(13)15-17/h1-6,17H,7H2,(H2,13,15). The second-order valence-electron chi connectivity index (χ2n) is 3.49. The Morgan fingerprint density at radius 1 is 1.41 bits per heavy atom. The molecule has 0 aliphatic rings. The summed E-state index contributed by atoms with van der Waals surface area (Å²) in [6.45, 7) is 0.641. The molecule has 0 saturated carbocycles. The highest BCUT2D eigenvalue weighted by Gasteiger charge is 2.07. The first-order chi connectivity index (χ1) is 8.20. The van der Waals surface area contributed by atoms with Crippen LogP contribution in [0.15, 0.2) is 41.8 Å². The van der Waals surface area contributed by atoms with Crippen molar-refractivity contribution in [1.29, 1.82) is 0 Å². The Morgan fingerprint density at radius 2 is 2.12 bits per heavy atom. The van der Waals surface area contributed by atoms with Crippen LogP contribution in [0.4, 0.5) is 0 Å². The van der Waals surface area contributed by atoms with Gasteiger partial charge in [-0.3, -0.25) is 0 Å². The summed E-state index contributed by atoms with van der Waals surface area (Å²) in [7, 11) is 0. The molecule has 0 unspecified atom stereocenters. The maximum atomic E-state index is 8.64. The molecule has 0 bridgehead atoms. The van der Waals surface area contributed by atoms with Crippen molar-refractivity contribution >= 4 is 28.4 Å². The van der Waals surface area contributed by atoms with Crippen LogP contribution in [0, 0.1) is 3.57 Å². The molecule has 1 aromatic heterocycles. The van der Waals surface area contributed by atoms with E-state index in [9.17, 15) is 0 Å². The molecule has 0 radical (unpaired) electrons. The zero-order valence-electron chi connectivity index (χ0n) is 8.92. The fraction of sp³-hybridized carbons (Fsp3) is 0.0909. The van der Waals surface area contributed by atoms with Crippen molar-refractivity contribution in [2.24, 2.45) is 10.9 Å². The van der Waals surface area contributed by atoms with E-state index in [1.165, 1.54) is 3.57 Å². The first-order valence-corrected chi connectivity index (χ1v) is 6.02. The molecule has 2 rings (SSSR count). The maximum absolute atomic E-state index is 8.64. The van der Waals surface area contributed by atoms with Crippen LogP contribution < -0.4 is 5.73 Å². The SMILES string of the molecule is NC(=NO)c1nccn1Cc1ccc(I)cc1. The van der Waals surface area contributed by atoms with Crippen LogP contribution in [0.25, 0.3) is 0 Å². The van der Waals surface area contributed by atoms with Gasteiger partial charge in [-0.15, -0.1) is 0 Å². The number of halogens is 1. The molecule has 1 aromatic carbocycles. The van der Waals surface area contributed by atoms with Crippen molar-refractivity contribution in [1.82, 2.24) is 9.55 Å². The number of rotatable bonds is 3. The molecule has 0 amide bonds. The molecule has 3 N–H and O–H groups in total. The predicted octanol–water partition coefficient (Wildman–Crippen LogP) is 1.63. The average Bonchev–Trinajstić information content (AvgIpc) is 2.79. The number of amidine groups is 1. The second kappa shape index (κ2) is 5.17. The Kier molecular flexibility index (Phi) is 3.62. The second-order valence-corrected chi connectivity index (χ2v) is 4.74.